The molecule has 228 valence electrons. The quantitative estimate of drug-likeness (QED) is 0.172. The number of unbranched alkanes of at least 4 members (excludes halogenated alkanes) is 9. The van der Waals surface area contributed by atoms with Gasteiger partial charge in [0.05, 0.1) is 27.2 Å². The van der Waals surface area contributed by atoms with Crippen LogP contribution in [0.3, 0.4) is 0 Å². The second kappa shape index (κ2) is 18.4. The second-order valence-electron chi connectivity index (χ2n) is 14.3. The normalized spacial score (nSPS) is 12.3. The molecule has 1 rings (SSSR count). The average Bonchev–Trinajstić information content (AvgIpc) is 2.81. The van der Waals surface area contributed by atoms with E-state index in [4.69, 9.17) is 0 Å². The van der Waals surface area contributed by atoms with E-state index in [-0.39, 0.29) is 33.7 Å². The molecule has 1 aromatic carbocycles. The molecule has 0 unspecified atom stereocenters. The molecule has 0 radical (unpaired) electrons. The van der Waals surface area contributed by atoms with Crippen LogP contribution in [0.5, 0.6) is 5.75 Å². The minimum Gasteiger partial charge on any atom is -1.00 e. The van der Waals surface area contributed by atoms with Gasteiger partial charge in [0.2, 0.25) is 5.91 Å². The van der Waals surface area contributed by atoms with Gasteiger partial charge in [-0.15, -0.1) is 0 Å². The van der Waals surface area contributed by atoms with Crippen LogP contribution in [0.1, 0.15) is 142 Å². The monoisotopic (exact) mass is 610 g/mol. The topological polar surface area (TPSA) is 49.3 Å². The molecule has 0 fully saturated rings. The molecule has 0 aliphatic carbocycles. The van der Waals surface area contributed by atoms with E-state index in [2.05, 4.69) is 80.0 Å². The van der Waals surface area contributed by atoms with Gasteiger partial charge in [0.25, 0.3) is 0 Å². The molecule has 0 atom stereocenters. The van der Waals surface area contributed by atoms with Gasteiger partial charge in [-0.3, -0.25) is 4.79 Å². The first-order valence-electron chi connectivity index (χ1n) is 15.6. The van der Waals surface area contributed by atoms with Gasteiger partial charge in [-0.25, -0.2) is 0 Å². The third kappa shape index (κ3) is 16.1. The van der Waals surface area contributed by atoms with Crippen LogP contribution in [0, 0.1) is 0 Å². The molecule has 1 amide bonds. The highest BCUT2D eigenvalue weighted by Gasteiger charge is 2.26. The van der Waals surface area contributed by atoms with E-state index >= 15 is 0 Å². The summed E-state index contributed by atoms with van der Waals surface area (Å²) >= 11 is 0. The van der Waals surface area contributed by atoms with Gasteiger partial charge in [0.15, 0.2) is 0 Å². The zero-order chi connectivity index (χ0) is 28.8. The number of carbonyl (C=O) groups excluding carboxylic acids is 1. The van der Waals surface area contributed by atoms with Crippen LogP contribution in [-0.2, 0) is 22.0 Å². The number of halogens is 1. The first-order valence-corrected chi connectivity index (χ1v) is 15.6. The summed E-state index contributed by atoms with van der Waals surface area (Å²) in [5.41, 5.74) is 2.75. The zero-order valence-electron chi connectivity index (χ0n) is 27.1. The third-order valence-electron chi connectivity index (χ3n) is 7.81. The van der Waals surface area contributed by atoms with Crippen molar-refractivity contribution in [2.75, 3.05) is 33.7 Å². The number of quaternary nitrogens is 1. The SMILES string of the molecule is CCCCCCCCCCCC[N+](C)(C)CCCNC(=O)CCc1cc(C(C)(C)C)c(O)c(C(C)(C)C)c1.[Br-]. The van der Waals surface area contributed by atoms with Gasteiger partial charge in [0.1, 0.15) is 5.75 Å². The lowest BCUT2D eigenvalue weighted by Gasteiger charge is -2.30. The molecule has 0 aromatic heterocycles. The van der Waals surface area contributed by atoms with Crippen molar-refractivity contribution in [1.82, 2.24) is 5.32 Å². The summed E-state index contributed by atoms with van der Waals surface area (Å²) in [6, 6.07) is 4.18. The van der Waals surface area contributed by atoms with Gasteiger partial charge in [-0.05, 0) is 46.8 Å². The lowest BCUT2D eigenvalue weighted by Crippen LogP contribution is -3.00. The Morgan fingerprint density at radius 1 is 0.769 bits per heavy atom. The number of phenols is 1. The third-order valence-corrected chi connectivity index (χ3v) is 7.81. The minimum absolute atomic E-state index is 0. The van der Waals surface area contributed by atoms with Crippen molar-refractivity contribution in [3.63, 3.8) is 0 Å². The molecule has 0 bridgehead atoms. The van der Waals surface area contributed by atoms with E-state index < -0.39 is 0 Å². The summed E-state index contributed by atoms with van der Waals surface area (Å²) in [5.74, 6) is 0.518. The molecule has 0 aliphatic rings. The molecule has 1 aromatic rings. The molecule has 0 spiro atoms. The van der Waals surface area contributed by atoms with Crippen LogP contribution in [0.25, 0.3) is 0 Å². The molecule has 39 heavy (non-hydrogen) atoms. The van der Waals surface area contributed by atoms with Crippen LogP contribution >= 0.6 is 0 Å². The van der Waals surface area contributed by atoms with Crippen molar-refractivity contribution in [3.8, 4) is 5.75 Å². The van der Waals surface area contributed by atoms with Crippen molar-refractivity contribution in [3.05, 3.63) is 28.8 Å². The minimum atomic E-state index is -0.151. The van der Waals surface area contributed by atoms with E-state index in [1.807, 2.05) is 0 Å². The first-order chi connectivity index (χ1) is 17.7. The van der Waals surface area contributed by atoms with E-state index in [9.17, 15) is 9.90 Å². The van der Waals surface area contributed by atoms with Crippen LogP contribution in [0.4, 0.5) is 0 Å². The number of aryl methyl sites for hydroxylation is 1. The summed E-state index contributed by atoms with van der Waals surface area (Å²) in [6.07, 6.45) is 16.0. The van der Waals surface area contributed by atoms with Crippen molar-refractivity contribution in [1.29, 1.82) is 0 Å². The highest BCUT2D eigenvalue weighted by molar-refractivity contribution is 5.76. The number of hydrogen-bond acceptors (Lipinski definition) is 2. The number of carbonyl (C=O) groups is 1. The molecular formula is C34H63BrN2O2. The van der Waals surface area contributed by atoms with Gasteiger partial charge >= 0.3 is 0 Å². The maximum absolute atomic E-state index is 12.6. The summed E-state index contributed by atoms with van der Waals surface area (Å²) < 4.78 is 1.03. The maximum Gasteiger partial charge on any atom is 0.220 e. The van der Waals surface area contributed by atoms with Gasteiger partial charge in [-0.1, -0.05) is 112 Å². The number of amides is 1. The van der Waals surface area contributed by atoms with Crippen molar-refractivity contribution in [2.45, 2.75) is 143 Å². The first kappa shape index (κ1) is 37.9. The van der Waals surface area contributed by atoms with Gasteiger partial charge < -0.3 is 31.9 Å². The van der Waals surface area contributed by atoms with E-state index in [0.29, 0.717) is 18.6 Å². The molecule has 0 aliphatic heterocycles. The van der Waals surface area contributed by atoms with Crippen molar-refractivity contribution in [2.24, 2.45) is 0 Å². The number of benzene rings is 1. The Hall–Kier alpha value is -1.07. The molecule has 5 heteroatoms. The molecular weight excluding hydrogens is 548 g/mol. The Labute approximate surface area is 253 Å². The standard InChI is InChI=1S/C34H62N2O2.BrH/c1-10-11-12-13-14-15-16-17-18-19-24-36(8,9)25-20-23-35-31(37)22-21-28-26-29(33(2,3)4)32(38)30(27-28)34(5,6)7;/h26-27H,10-25H2,1-9H3,(H-,35,37,38);1H. The fourth-order valence-electron chi connectivity index (χ4n) is 5.20. The molecule has 0 saturated carbocycles. The summed E-state index contributed by atoms with van der Waals surface area (Å²) in [6.45, 7) is 18.1. The highest BCUT2D eigenvalue weighted by Crippen LogP contribution is 2.40. The van der Waals surface area contributed by atoms with Crippen molar-refractivity contribution < 1.29 is 31.4 Å². The number of nitrogens with one attached hydrogen (secondary N) is 1. The maximum atomic E-state index is 12.6. The molecule has 4 nitrogen and oxygen atoms in total. The van der Waals surface area contributed by atoms with E-state index in [1.54, 1.807) is 0 Å². The molecule has 2 N–H and O–H groups in total. The smallest absolute Gasteiger partial charge is 0.220 e. The lowest BCUT2D eigenvalue weighted by atomic mass is 9.78. The number of rotatable bonds is 18. The predicted molar refractivity (Wildman–Crippen MR) is 165 cm³/mol. The summed E-state index contributed by atoms with van der Waals surface area (Å²) in [4.78, 5) is 12.6. The van der Waals surface area contributed by atoms with Crippen molar-refractivity contribution >= 4 is 5.91 Å². The Kier molecular flexibility index (Phi) is 17.9. The summed E-state index contributed by atoms with van der Waals surface area (Å²) in [5, 5.41) is 14.1. The van der Waals surface area contributed by atoms with E-state index in [0.717, 1.165) is 40.7 Å². The average molecular weight is 612 g/mol. The van der Waals surface area contributed by atoms with Crippen LogP contribution < -0.4 is 22.3 Å². The Morgan fingerprint density at radius 3 is 1.67 bits per heavy atom. The number of nitrogens with zero attached hydrogens (tertiary/aromatic N) is 1. The summed E-state index contributed by atoms with van der Waals surface area (Å²) in [7, 11) is 4.64. The van der Waals surface area contributed by atoms with Crippen LogP contribution in [-0.4, -0.2) is 49.2 Å². The Bertz CT molecular complexity index is 786. The number of hydrogen-bond donors (Lipinski definition) is 2. The highest BCUT2D eigenvalue weighted by atomic mass is 79.9. The molecule has 0 saturated heterocycles. The van der Waals surface area contributed by atoms with Gasteiger partial charge in [-0.2, -0.15) is 0 Å². The van der Waals surface area contributed by atoms with Crippen LogP contribution in [0.2, 0.25) is 0 Å². The van der Waals surface area contributed by atoms with Gasteiger partial charge in [0, 0.05) is 19.4 Å². The van der Waals surface area contributed by atoms with E-state index in [1.165, 1.54) is 70.8 Å². The fraction of sp³-hybridized carbons (Fsp3) is 0.794. The fourth-order valence-corrected chi connectivity index (χ4v) is 5.20. The predicted octanol–water partition coefficient (Wildman–Crippen LogP) is 5.43. The second-order valence-corrected chi connectivity index (χ2v) is 14.3. The lowest BCUT2D eigenvalue weighted by molar-refractivity contribution is -0.890. The number of aromatic hydroxyl groups is 1. The number of phenolic OH excluding ortho intramolecular Hbond substituents is 1. The largest absolute Gasteiger partial charge is 1.00 e. The molecule has 0 heterocycles. The van der Waals surface area contributed by atoms with Crippen LogP contribution in [0.15, 0.2) is 12.1 Å². The Balaban J connectivity index is 0.0000144. The zero-order valence-corrected chi connectivity index (χ0v) is 28.7. The Morgan fingerprint density at radius 2 is 1.21 bits per heavy atom.